The van der Waals surface area contributed by atoms with Gasteiger partial charge in [0, 0.05) is 11.0 Å². The van der Waals surface area contributed by atoms with Crippen molar-refractivity contribution in [2.75, 3.05) is 5.32 Å². The summed E-state index contributed by atoms with van der Waals surface area (Å²) in [7, 11) is 0. The second-order valence-electron chi connectivity index (χ2n) is 10.7. The second-order valence-corrected chi connectivity index (χ2v) is 10.7. The number of hydrogen-bond acceptors (Lipinski definition) is 2. The van der Waals surface area contributed by atoms with Crippen LogP contribution in [-0.4, -0.2) is 15.9 Å². The largest absolute Gasteiger partial charge is 0.338 e. The van der Waals surface area contributed by atoms with Crippen LogP contribution in [0.4, 0.5) is 5.69 Å². The number of H-pyrrole nitrogens is 1. The number of nitrogens with zero attached hydrogens (tertiary/aromatic N) is 1. The van der Waals surface area contributed by atoms with Crippen molar-refractivity contribution in [3.05, 3.63) is 47.5 Å². The lowest BCUT2D eigenvalue weighted by molar-refractivity contribution is -0.123. The van der Waals surface area contributed by atoms with Crippen molar-refractivity contribution < 1.29 is 4.79 Å². The fraction of sp³-hybridized carbons (Fsp3) is 0.440. The Morgan fingerprint density at radius 2 is 1.66 bits per heavy atom. The maximum absolute atomic E-state index is 12.5. The van der Waals surface area contributed by atoms with Gasteiger partial charge in [-0.1, -0.05) is 60.6 Å². The van der Waals surface area contributed by atoms with Gasteiger partial charge in [-0.05, 0) is 52.6 Å². The molecule has 29 heavy (non-hydrogen) atoms. The summed E-state index contributed by atoms with van der Waals surface area (Å²) in [5.74, 6) is 0.771. The third-order valence-electron chi connectivity index (χ3n) is 6.07. The maximum atomic E-state index is 12.5. The Bertz CT molecular complexity index is 1060. The first-order valence-corrected chi connectivity index (χ1v) is 10.3. The number of amides is 1. The van der Waals surface area contributed by atoms with Crippen molar-refractivity contribution in [2.45, 2.75) is 65.7 Å². The van der Waals surface area contributed by atoms with Crippen LogP contribution in [0, 0.1) is 5.41 Å². The molecule has 4 rings (SSSR count). The normalized spacial score (nSPS) is 17.3. The highest BCUT2D eigenvalue weighted by Gasteiger charge is 2.42. The van der Waals surface area contributed by atoms with E-state index in [1.165, 1.54) is 11.1 Å². The van der Waals surface area contributed by atoms with Crippen molar-refractivity contribution >= 4 is 22.6 Å². The van der Waals surface area contributed by atoms with Crippen molar-refractivity contribution in [1.29, 1.82) is 0 Å². The molecule has 152 valence electrons. The minimum Gasteiger partial charge on any atom is -0.338 e. The quantitative estimate of drug-likeness (QED) is 0.550. The molecule has 1 aromatic heterocycles. The molecule has 0 saturated carbocycles. The average Bonchev–Trinajstić information content (AvgIpc) is 3.09. The van der Waals surface area contributed by atoms with Crippen molar-refractivity contribution in [3.8, 4) is 11.4 Å². The van der Waals surface area contributed by atoms with Gasteiger partial charge in [-0.2, -0.15) is 0 Å². The summed E-state index contributed by atoms with van der Waals surface area (Å²) in [6.45, 7) is 15.0. The molecule has 0 bridgehead atoms. The molecule has 0 fully saturated rings. The SMILES string of the molecule is CC(C)(C)C(=O)Nc1ccccc1-c1nc2cc3c(cc2[nH]1)C(C)(C)CC3(C)C. The lowest BCUT2D eigenvalue weighted by Gasteiger charge is -2.22. The van der Waals surface area contributed by atoms with Gasteiger partial charge in [-0.15, -0.1) is 0 Å². The van der Waals surface area contributed by atoms with Gasteiger partial charge in [-0.3, -0.25) is 4.79 Å². The Hall–Kier alpha value is -2.62. The van der Waals surface area contributed by atoms with Crippen LogP contribution in [0.15, 0.2) is 36.4 Å². The fourth-order valence-corrected chi connectivity index (χ4v) is 4.71. The van der Waals surface area contributed by atoms with E-state index in [-0.39, 0.29) is 16.7 Å². The topological polar surface area (TPSA) is 57.8 Å². The molecule has 0 saturated heterocycles. The number of hydrogen-bond donors (Lipinski definition) is 2. The van der Waals surface area contributed by atoms with E-state index in [1.807, 2.05) is 45.0 Å². The molecule has 0 unspecified atom stereocenters. The van der Waals surface area contributed by atoms with Gasteiger partial charge in [0.2, 0.25) is 5.91 Å². The zero-order valence-electron chi connectivity index (χ0n) is 18.5. The maximum Gasteiger partial charge on any atom is 0.229 e. The van der Waals surface area contributed by atoms with Crippen molar-refractivity contribution in [2.24, 2.45) is 5.41 Å². The Kier molecular flexibility index (Phi) is 4.20. The highest BCUT2D eigenvalue weighted by Crippen LogP contribution is 2.50. The van der Waals surface area contributed by atoms with Crippen LogP contribution in [0.1, 0.15) is 66.0 Å². The number of rotatable bonds is 2. The first-order chi connectivity index (χ1) is 13.4. The molecule has 4 heteroatoms. The number of imidazole rings is 1. The molecule has 2 N–H and O–H groups in total. The van der Waals surface area contributed by atoms with Gasteiger partial charge < -0.3 is 10.3 Å². The number of anilines is 1. The third kappa shape index (κ3) is 3.35. The zero-order valence-corrected chi connectivity index (χ0v) is 18.5. The molecule has 0 spiro atoms. The molecule has 1 aliphatic rings. The van der Waals surface area contributed by atoms with Crippen LogP contribution in [0.3, 0.4) is 0 Å². The number of aromatic amines is 1. The van der Waals surface area contributed by atoms with E-state index in [0.29, 0.717) is 0 Å². The third-order valence-corrected chi connectivity index (χ3v) is 6.07. The van der Waals surface area contributed by atoms with Crippen LogP contribution >= 0.6 is 0 Å². The van der Waals surface area contributed by atoms with Crippen LogP contribution in [0.5, 0.6) is 0 Å². The van der Waals surface area contributed by atoms with Crippen molar-refractivity contribution in [1.82, 2.24) is 9.97 Å². The summed E-state index contributed by atoms with van der Waals surface area (Å²) in [5.41, 5.74) is 6.32. The van der Waals surface area contributed by atoms with Crippen molar-refractivity contribution in [3.63, 3.8) is 0 Å². The smallest absolute Gasteiger partial charge is 0.229 e. The second kappa shape index (κ2) is 6.19. The number of aromatic nitrogens is 2. The molecular formula is C25H31N3O. The highest BCUT2D eigenvalue weighted by molar-refractivity contribution is 5.98. The van der Waals surface area contributed by atoms with E-state index in [0.717, 1.165) is 34.5 Å². The van der Waals surface area contributed by atoms with E-state index in [9.17, 15) is 4.79 Å². The predicted molar refractivity (Wildman–Crippen MR) is 120 cm³/mol. The van der Waals surface area contributed by atoms with E-state index >= 15 is 0 Å². The van der Waals surface area contributed by atoms with Crippen LogP contribution in [0.25, 0.3) is 22.4 Å². The average molecular weight is 390 g/mol. The highest BCUT2D eigenvalue weighted by atomic mass is 16.2. The molecule has 0 atom stereocenters. The van der Waals surface area contributed by atoms with E-state index in [1.54, 1.807) is 0 Å². The summed E-state index contributed by atoms with van der Waals surface area (Å²) in [6.07, 6.45) is 1.14. The summed E-state index contributed by atoms with van der Waals surface area (Å²) < 4.78 is 0. The molecule has 1 aliphatic carbocycles. The summed E-state index contributed by atoms with van der Waals surface area (Å²) in [6, 6.07) is 12.4. The Balaban J connectivity index is 1.81. The van der Waals surface area contributed by atoms with Gasteiger partial charge >= 0.3 is 0 Å². The van der Waals surface area contributed by atoms with E-state index in [2.05, 4.69) is 50.1 Å². The zero-order chi connectivity index (χ0) is 21.2. The molecule has 0 radical (unpaired) electrons. The number of benzene rings is 2. The summed E-state index contributed by atoms with van der Waals surface area (Å²) in [5, 5.41) is 3.07. The van der Waals surface area contributed by atoms with Gasteiger partial charge in [0.1, 0.15) is 5.82 Å². The van der Waals surface area contributed by atoms with Gasteiger partial charge in [0.15, 0.2) is 0 Å². The standard InChI is InChI=1S/C25H31N3O/c1-23(2,3)22(29)28-18-11-9-8-10-15(18)21-26-19-12-16-17(13-20(19)27-21)25(6,7)14-24(16,4)5/h8-13H,14H2,1-7H3,(H,26,27)(H,28,29). The molecule has 2 aromatic carbocycles. The Labute approximate surface area is 173 Å². The van der Waals surface area contributed by atoms with Crippen LogP contribution in [0.2, 0.25) is 0 Å². The monoisotopic (exact) mass is 389 g/mol. The minimum atomic E-state index is -0.459. The Morgan fingerprint density at radius 3 is 2.31 bits per heavy atom. The lowest BCUT2D eigenvalue weighted by Crippen LogP contribution is -2.27. The van der Waals surface area contributed by atoms with Crippen LogP contribution < -0.4 is 5.32 Å². The van der Waals surface area contributed by atoms with E-state index < -0.39 is 5.41 Å². The molecular weight excluding hydrogens is 358 g/mol. The number of carbonyl (C=O) groups is 1. The molecule has 1 amide bonds. The lowest BCUT2D eigenvalue weighted by atomic mass is 9.82. The minimum absolute atomic E-state index is 0.0106. The molecule has 3 aromatic rings. The van der Waals surface area contributed by atoms with Crippen LogP contribution in [-0.2, 0) is 15.6 Å². The van der Waals surface area contributed by atoms with Gasteiger partial charge in [-0.25, -0.2) is 4.98 Å². The van der Waals surface area contributed by atoms with Gasteiger partial charge in [0.05, 0.1) is 16.7 Å². The number of para-hydroxylation sites is 1. The van der Waals surface area contributed by atoms with E-state index in [4.69, 9.17) is 4.98 Å². The molecule has 1 heterocycles. The molecule has 4 nitrogen and oxygen atoms in total. The first kappa shape index (κ1) is 19.7. The fourth-order valence-electron chi connectivity index (χ4n) is 4.71. The molecule has 0 aliphatic heterocycles. The number of carbonyl (C=O) groups excluding carboxylic acids is 1. The summed E-state index contributed by atoms with van der Waals surface area (Å²) in [4.78, 5) is 20.9. The Morgan fingerprint density at radius 1 is 1.03 bits per heavy atom. The summed E-state index contributed by atoms with van der Waals surface area (Å²) >= 11 is 0. The number of nitrogens with one attached hydrogen (secondary N) is 2. The number of fused-ring (bicyclic) bond motifs is 2. The predicted octanol–water partition coefficient (Wildman–Crippen LogP) is 6.17. The first-order valence-electron chi connectivity index (χ1n) is 10.3. The van der Waals surface area contributed by atoms with Gasteiger partial charge in [0.25, 0.3) is 0 Å².